The maximum Gasteiger partial charge on any atom is 0.274 e. The summed E-state index contributed by atoms with van der Waals surface area (Å²) in [5.74, 6) is 0.298. The van der Waals surface area contributed by atoms with E-state index in [1.54, 1.807) is 24.7 Å². The van der Waals surface area contributed by atoms with Gasteiger partial charge in [0.25, 0.3) is 5.91 Å². The summed E-state index contributed by atoms with van der Waals surface area (Å²) in [5, 5.41) is 11.9. The molecule has 1 amide bonds. The first kappa shape index (κ1) is 16.6. The van der Waals surface area contributed by atoms with Gasteiger partial charge in [0.15, 0.2) is 0 Å². The Bertz CT molecular complexity index is 694. The van der Waals surface area contributed by atoms with Gasteiger partial charge < -0.3 is 10.1 Å². The summed E-state index contributed by atoms with van der Waals surface area (Å²) in [6, 6.07) is 14.8. The van der Waals surface area contributed by atoms with E-state index in [2.05, 4.69) is 5.32 Å². The van der Waals surface area contributed by atoms with Crippen molar-refractivity contribution in [1.29, 1.82) is 0 Å². The highest BCUT2D eigenvalue weighted by Gasteiger charge is 2.02. The van der Waals surface area contributed by atoms with E-state index in [1.165, 1.54) is 0 Å². The van der Waals surface area contributed by atoms with Crippen molar-refractivity contribution in [3.8, 4) is 5.75 Å². The van der Waals surface area contributed by atoms with Gasteiger partial charge in [-0.2, -0.15) is 0 Å². The van der Waals surface area contributed by atoms with Crippen LogP contribution < -0.4 is 15.5 Å². The number of methoxy groups -OCH3 is 1. The van der Waals surface area contributed by atoms with Crippen LogP contribution in [0.25, 0.3) is 6.08 Å². The molecule has 2 aromatic rings. The van der Waals surface area contributed by atoms with Crippen molar-refractivity contribution in [2.75, 3.05) is 19.0 Å². The highest BCUT2D eigenvalue weighted by Crippen LogP contribution is 2.17. The van der Waals surface area contributed by atoms with Crippen LogP contribution in [0.5, 0.6) is 5.75 Å². The van der Waals surface area contributed by atoms with E-state index in [0.29, 0.717) is 12.1 Å². The Morgan fingerprint density at radius 2 is 1.96 bits per heavy atom. The number of rotatable bonds is 6. The molecule has 0 radical (unpaired) electrons. The lowest BCUT2D eigenvalue weighted by Gasteiger charge is -2.08. The molecule has 0 aliphatic carbocycles. The smallest absolute Gasteiger partial charge is 0.274 e. The molecule has 0 spiro atoms. The zero-order valence-corrected chi connectivity index (χ0v) is 13.2. The van der Waals surface area contributed by atoms with Gasteiger partial charge in [0.05, 0.1) is 7.11 Å². The molecule has 5 heteroatoms. The van der Waals surface area contributed by atoms with Crippen LogP contribution in [0.2, 0.25) is 0 Å². The largest absolute Gasteiger partial charge is 0.497 e. The highest BCUT2D eigenvalue weighted by molar-refractivity contribution is 5.93. The molecule has 23 heavy (non-hydrogen) atoms. The SMILES string of the molecule is COc1cccc(NCC(C)=Cc2ccc(C(=O)NO)cc2)c1. The number of ether oxygens (including phenoxy) is 1. The second-order valence-electron chi connectivity index (χ2n) is 5.14. The average molecular weight is 312 g/mol. The van der Waals surface area contributed by atoms with Gasteiger partial charge in [-0.1, -0.05) is 29.8 Å². The number of carbonyl (C=O) groups excluding carboxylic acids is 1. The number of amides is 1. The molecule has 0 aliphatic heterocycles. The topological polar surface area (TPSA) is 70.6 Å². The summed E-state index contributed by atoms with van der Waals surface area (Å²) in [5.41, 5.74) is 5.16. The Morgan fingerprint density at radius 1 is 1.22 bits per heavy atom. The molecule has 0 bridgehead atoms. The number of hydrogen-bond acceptors (Lipinski definition) is 4. The lowest BCUT2D eigenvalue weighted by Crippen LogP contribution is -2.18. The van der Waals surface area contributed by atoms with Gasteiger partial charge in [0, 0.05) is 23.9 Å². The van der Waals surface area contributed by atoms with Gasteiger partial charge in [-0.25, -0.2) is 5.48 Å². The van der Waals surface area contributed by atoms with Crippen molar-refractivity contribution >= 4 is 17.7 Å². The minimum absolute atomic E-state index is 0.414. The van der Waals surface area contributed by atoms with Crippen LogP contribution in [0.1, 0.15) is 22.8 Å². The Hall–Kier alpha value is -2.79. The summed E-state index contributed by atoms with van der Waals surface area (Å²) in [7, 11) is 1.64. The van der Waals surface area contributed by atoms with Gasteiger partial charge in [-0.05, 0) is 36.8 Å². The predicted molar refractivity (Wildman–Crippen MR) is 90.8 cm³/mol. The fourth-order valence-corrected chi connectivity index (χ4v) is 2.11. The molecule has 2 aromatic carbocycles. The molecular weight excluding hydrogens is 292 g/mol. The van der Waals surface area contributed by atoms with E-state index in [4.69, 9.17) is 9.94 Å². The summed E-state index contributed by atoms with van der Waals surface area (Å²) in [4.78, 5) is 11.3. The first-order chi connectivity index (χ1) is 11.1. The standard InChI is InChI=1S/C18H20N2O3/c1-13(12-19-16-4-3-5-17(11-16)23-2)10-14-6-8-15(9-7-14)18(21)20-22/h3-11,19,22H,12H2,1-2H3,(H,20,21). The number of hydroxylamine groups is 1. The highest BCUT2D eigenvalue weighted by atomic mass is 16.5. The second kappa shape index (κ2) is 8.00. The van der Waals surface area contributed by atoms with Crippen molar-refractivity contribution in [2.45, 2.75) is 6.92 Å². The Labute approximate surface area is 135 Å². The van der Waals surface area contributed by atoms with Crippen molar-refractivity contribution in [3.05, 3.63) is 65.2 Å². The lowest BCUT2D eigenvalue weighted by molar-refractivity contribution is 0.0706. The first-order valence-corrected chi connectivity index (χ1v) is 7.22. The second-order valence-corrected chi connectivity index (χ2v) is 5.14. The molecular formula is C18H20N2O3. The van der Waals surface area contributed by atoms with Crippen molar-refractivity contribution in [2.24, 2.45) is 0 Å². The third-order valence-corrected chi connectivity index (χ3v) is 3.33. The van der Waals surface area contributed by atoms with Crippen molar-refractivity contribution < 1.29 is 14.7 Å². The Morgan fingerprint density at radius 3 is 2.61 bits per heavy atom. The molecule has 120 valence electrons. The number of carbonyl (C=O) groups is 1. The minimum atomic E-state index is -0.517. The summed E-state index contributed by atoms with van der Waals surface area (Å²) < 4.78 is 5.19. The predicted octanol–water partition coefficient (Wildman–Crippen LogP) is 3.33. The fourth-order valence-electron chi connectivity index (χ4n) is 2.11. The van der Waals surface area contributed by atoms with Crippen LogP contribution in [0.15, 0.2) is 54.1 Å². The summed E-state index contributed by atoms with van der Waals surface area (Å²) in [6.45, 7) is 2.73. The number of anilines is 1. The molecule has 2 rings (SSSR count). The van der Waals surface area contributed by atoms with E-state index in [9.17, 15) is 4.79 Å². The first-order valence-electron chi connectivity index (χ1n) is 7.22. The quantitative estimate of drug-likeness (QED) is 0.565. The molecule has 0 atom stereocenters. The van der Waals surface area contributed by atoms with Crippen LogP contribution in [-0.4, -0.2) is 24.8 Å². The van der Waals surface area contributed by atoms with Crippen molar-refractivity contribution in [3.63, 3.8) is 0 Å². The van der Waals surface area contributed by atoms with E-state index in [0.717, 1.165) is 22.6 Å². The molecule has 0 aromatic heterocycles. The van der Waals surface area contributed by atoms with Crippen LogP contribution in [0.3, 0.4) is 0 Å². The average Bonchev–Trinajstić information content (AvgIpc) is 2.60. The zero-order valence-electron chi connectivity index (χ0n) is 13.2. The molecule has 0 fully saturated rings. The summed E-state index contributed by atoms with van der Waals surface area (Å²) >= 11 is 0. The van der Waals surface area contributed by atoms with Gasteiger partial charge in [0.2, 0.25) is 0 Å². The van der Waals surface area contributed by atoms with Crippen molar-refractivity contribution in [1.82, 2.24) is 5.48 Å². The third-order valence-electron chi connectivity index (χ3n) is 3.33. The van der Waals surface area contributed by atoms with Crippen LogP contribution >= 0.6 is 0 Å². The molecule has 3 N–H and O–H groups in total. The molecule has 0 unspecified atom stereocenters. The van der Waals surface area contributed by atoms with E-state index in [1.807, 2.05) is 49.4 Å². The molecule has 0 heterocycles. The maximum absolute atomic E-state index is 11.3. The Balaban J connectivity index is 1.98. The molecule has 5 nitrogen and oxygen atoms in total. The number of nitrogens with one attached hydrogen (secondary N) is 2. The fraction of sp³-hybridized carbons (Fsp3) is 0.167. The van der Waals surface area contributed by atoms with E-state index >= 15 is 0 Å². The van der Waals surface area contributed by atoms with Crippen LogP contribution in [-0.2, 0) is 0 Å². The number of benzene rings is 2. The van der Waals surface area contributed by atoms with Crippen LogP contribution in [0, 0.1) is 0 Å². The van der Waals surface area contributed by atoms with Crippen LogP contribution in [0.4, 0.5) is 5.69 Å². The monoisotopic (exact) mass is 312 g/mol. The minimum Gasteiger partial charge on any atom is -0.497 e. The lowest BCUT2D eigenvalue weighted by atomic mass is 10.1. The zero-order chi connectivity index (χ0) is 16.7. The third kappa shape index (κ3) is 4.86. The molecule has 0 saturated carbocycles. The van der Waals surface area contributed by atoms with Gasteiger partial charge >= 0.3 is 0 Å². The van der Waals surface area contributed by atoms with E-state index in [-0.39, 0.29) is 0 Å². The van der Waals surface area contributed by atoms with Gasteiger partial charge in [-0.15, -0.1) is 0 Å². The van der Waals surface area contributed by atoms with Gasteiger partial charge in [0.1, 0.15) is 5.75 Å². The maximum atomic E-state index is 11.3. The molecule has 0 aliphatic rings. The normalized spacial score (nSPS) is 11.0. The number of hydrogen-bond donors (Lipinski definition) is 3. The summed E-state index contributed by atoms with van der Waals surface area (Å²) in [6.07, 6.45) is 2.04. The van der Waals surface area contributed by atoms with E-state index < -0.39 is 5.91 Å². The molecule has 0 saturated heterocycles. The Kier molecular flexibility index (Phi) is 5.77. The van der Waals surface area contributed by atoms with Gasteiger partial charge in [-0.3, -0.25) is 10.0 Å².